The summed E-state index contributed by atoms with van der Waals surface area (Å²) in [5, 5.41) is 22.4. The predicted molar refractivity (Wildman–Crippen MR) is 191 cm³/mol. The van der Waals surface area contributed by atoms with Crippen molar-refractivity contribution in [1.82, 2.24) is 19.8 Å². The molecule has 1 aliphatic rings. The number of nitrogens with one attached hydrogen (secondary N) is 1. The van der Waals surface area contributed by atoms with E-state index >= 15 is 0 Å². The van der Waals surface area contributed by atoms with E-state index in [0.29, 0.717) is 5.82 Å². The first-order chi connectivity index (χ1) is 25.4. The first-order valence-corrected chi connectivity index (χ1v) is 15.6. The molecule has 13 N–H and O–H groups in total. The molecule has 0 atom stereocenters. The minimum absolute atomic E-state index is 0.00513. The zero-order valence-electron chi connectivity index (χ0n) is 28.4. The molecule has 0 aliphatic carbocycles. The number of rotatable bonds is 14. The van der Waals surface area contributed by atoms with Crippen LogP contribution in [0.25, 0.3) is 17.6 Å². The minimum atomic E-state index is -1.40. The number of primary amides is 2. The standard InChI is InChI=1S/C32H35F2N7O6.2CH3NO/c33-24-16-21(31(42)43)20(3-1-4-29(36)40-10-7-38-8-11-40)15-27(24)46-13-2-14-47-28-18-22(23(32(44)45)17-25(28)34)26(35)5-6-30(37)41-12-9-39-19-41;2*2-1-3/h1,3-6,9,12,15-19,38H,2,7-8,10-11,13-14,35-37H2,(H,42,43)(H,44,45);2*1H,(H2,2,3)/b3-1+,26-5-,29-4+,30-6+;;. The number of carbonyl (C=O) groups excluding carboxylic acids is 2. The molecule has 53 heavy (non-hydrogen) atoms. The monoisotopic (exact) mass is 741 g/mol. The van der Waals surface area contributed by atoms with Gasteiger partial charge in [0, 0.05) is 56.3 Å². The molecule has 284 valence electrons. The molecule has 0 radical (unpaired) electrons. The number of imidazole rings is 1. The van der Waals surface area contributed by atoms with E-state index < -0.39 is 23.6 Å². The minimum Gasteiger partial charge on any atom is -0.490 e. The van der Waals surface area contributed by atoms with E-state index in [4.69, 9.17) is 36.3 Å². The highest BCUT2D eigenvalue weighted by Gasteiger charge is 2.18. The van der Waals surface area contributed by atoms with Gasteiger partial charge >= 0.3 is 11.9 Å². The summed E-state index contributed by atoms with van der Waals surface area (Å²) in [5.41, 5.74) is 26.1. The third-order valence-corrected chi connectivity index (χ3v) is 7.01. The second-order valence-corrected chi connectivity index (χ2v) is 10.5. The highest BCUT2D eigenvalue weighted by molar-refractivity contribution is 5.94. The van der Waals surface area contributed by atoms with Gasteiger partial charge in [0.15, 0.2) is 23.1 Å². The molecule has 4 rings (SSSR count). The molecule has 0 saturated carbocycles. The summed E-state index contributed by atoms with van der Waals surface area (Å²) in [6.45, 7) is 2.92. The van der Waals surface area contributed by atoms with Crippen LogP contribution in [-0.2, 0) is 9.59 Å². The van der Waals surface area contributed by atoms with Crippen molar-refractivity contribution in [3.8, 4) is 11.5 Å². The average Bonchev–Trinajstić information content (AvgIpc) is 3.68. The normalized spacial score (nSPS) is 13.2. The fraction of sp³-hybridized carbons (Fsp3) is 0.206. The Kier molecular flexibility index (Phi) is 17.6. The topological polar surface area (TPSA) is 290 Å². The summed E-state index contributed by atoms with van der Waals surface area (Å²) < 4.78 is 42.0. The number of benzene rings is 2. The number of nitrogens with two attached hydrogens (primary N) is 5. The average molecular weight is 742 g/mol. The Morgan fingerprint density at radius 1 is 0.830 bits per heavy atom. The highest BCUT2D eigenvalue weighted by Crippen LogP contribution is 2.27. The van der Waals surface area contributed by atoms with Gasteiger partial charge in [-0.05, 0) is 48.1 Å². The summed E-state index contributed by atoms with van der Waals surface area (Å²) in [6.07, 6.45) is 12.8. The Balaban J connectivity index is 0.00000151. The van der Waals surface area contributed by atoms with Crippen LogP contribution < -0.4 is 43.5 Å². The lowest BCUT2D eigenvalue weighted by atomic mass is 10.0. The van der Waals surface area contributed by atoms with Gasteiger partial charge in [0.25, 0.3) is 0 Å². The largest absolute Gasteiger partial charge is 0.490 e. The number of amides is 2. The summed E-state index contributed by atoms with van der Waals surface area (Å²) in [5.74, 6) is -4.18. The first kappa shape index (κ1) is 42.3. The van der Waals surface area contributed by atoms with Crippen LogP contribution in [0.2, 0.25) is 0 Å². The molecule has 0 spiro atoms. The second kappa shape index (κ2) is 22.0. The highest BCUT2D eigenvalue weighted by atomic mass is 19.1. The van der Waals surface area contributed by atoms with Gasteiger partial charge in [0.2, 0.25) is 12.8 Å². The van der Waals surface area contributed by atoms with E-state index in [9.17, 15) is 28.6 Å². The number of ether oxygens (including phenoxy) is 2. The lowest BCUT2D eigenvalue weighted by molar-refractivity contribution is -0.107. The number of aromatic carboxylic acids is 2. The van der Waals surface area contributed by atoms with Crippen LogP contribution in [0.1, 0.15) is 38.3 Å². The third kappa shape index (κ3) is 13.4. The Hall–Kier alpha value is -6.89. The number of piperazine rings is 1. The third-order valence-electron chi connectivity index (χ3n) is 7.01. The van der Waals surface area contributed by atoms with Crippen molar-refractivity contribution < 1.29 is 47.6 Å². The maximum absolute atomic E-state index is 14.7. The summed E-state index contributed by atoms with van der Waals surface area (Å²) >= 11 is 0. The van der Waals surface area contributed by atoms with E-state index in [-0.39, 0.29) is 77.7 Å². The van der Waals surface area contributed by atoms with Crippen LogP contribution in [0.4, 0.5) is 8.78 Å². The SMILES string of the molecule is N/C(=C\C=C(/N)n1ccnc1)c1cc(OCCCOc2cc(/C=C/C=C(\N)N3CCNCC3)c(C(=O)O)cc2F)c(F)cc1C(=O)O.NC=O.NC=O. The number of halogens is 2. The van der Waals surface area contributed by atoms with Crippen molar-refractivity contribution in [3.05, 3.63) is 107 Å². The number of allylic oxidation sites excluding steroid dienone is 4. The fourth-order valence-corrected chi connectivity index (χ4v) is 4.55. The van der Waals surface area contributed by atoms with Gasteiger partial charge in [0.1, 0.15) is 12.1 Å². The summed E-state index contributed by atoms with van der Waals surface area (Å²) in [4.78, 5) is 46.5. The fourth-order valence-electron chi connectivity index (χ4n) is 4.55. The van der Waals surface area contributed by atoms with Gasteiger partial charge in [-0.1, -0.05) is 12.2 Å². The van der Waals surface area contributed by atoms with Crippen molar-refractivity contribution in [2.75, 3.05) is 39.4 Å². The van der Waals surface area contributed by atoms with Gasteiger partial charge in [0.05, 0.1) is 30.2 Å². The molecule has 2 heterocycles. The van der Waals surface area contributed by atoms with E-state index in [2.05, 4.69) is 21.8 Å². The van der Waals surface area contributed by atoms with Crippen molar-refractivity contribution >= 4 is 42.4 Å². The first-order valence-electron chi connectivity index (χ1n) is 15.6. The van der Waals surface area contributed by atoms with E-state index in [0.717, 1.165) is 38.3 Å². The van der Waals surface area contributed by atoms with Gasteiger partial charge in [-0.3, -0.25) is 14.2 Å². The summed E-state index contributed by atoms with van der Waals surface area (Å²) in [7, 11) is 0. The quantitative estimate of drug-likeness (QED) is 0.0652. The van der Waals surface area contributed by atoms with E-state index in [1.54, 1.807) is 18.3 Å². The molecule has 0 bridgehead atoms. The zero-order valence-corrected chi connectivity index (χ0v) is 28.4. The molecular weight excluding hydrogens is 700 g/mol. The van der Waals surface area contributed by atoms with Crippen LogP contribution in [0.5, 0.6) is 11.5 Å². The maximum Gasteiger partial charge on any atom is 0.336 e. The van der Waals surface area contributed by atoms with E-state index in [1.807, 2.05) is 4.90 Å². The zero-order chi connectivity index (χ0) is 39.3. The molecule has 1 aliphatic heterocycles. The molecule has 19 heteroatoms. The van der Waals surface area contributed by atoms with Crippen molar-refractivity contribution in [1.29, 1.82) is 0 Å². The Morgan fingerprint density at radius 3 is 1.94 bits per heavy atom. The number of hydrogen-bond donors (Lipinski definition) is 8. The molecule has 2 amide bonds. The molecule has 1 saturated heterocycles. The van der Waals surface area contributed by atoms with Gasteiger partial charge in [-0.15, -0.1) is 0 Å². The smallest absolute Gasteiger partial charge is 0.336 e. The number of carboxylic acid groups (broad SMARTS) is 2. The number of carboxylic acids is 2. The Labute approximate surface area is 302 Å². The van der Waals surface area contributed by atoms with Gasteiger partial charge in [-0.25, -0.2) is 23.4 Å². The molecule has 17 nitrogen and oxygen atoms in total. The van der Waals surface area contributed by atoms with Crippen molar-refractivity contribution in [2.45, 2.75) is 6.42 Å². The number of aromatic nitrogens is 2. The van der Waals surface area contributed by atoms with Crippen LogP contribution in [0, 0.1) is 11.6 Å². The second-order valence-electron chi connectivity index (χ2n) is 10.5. The maximum atomic E-state index is 14.7. The Morgan fingerprint density at radius 2 is 1.40 bits per heavy atom. The number of nitrogens with zero attached hydrogens (tertiary/aromatic N) is 3. The number of hydrogen-bond acceptors (Lipinski definition) is 12. The molecule has 1 aromatic heterocycles. The lowest BCUT2D eigenvalue weighted by Gasteiger charge is -2.29. The van der Waals surface area contributed by atoms with Crippen LogP contribution in [0.15, 0.2) is 73.1 Å². The van der Waals surface area contributed by atoms with Gasteiger partial charge < -0.3 is 58.6 Å². The van der Waals surface area contributed by atoms with Crippen molar-refractivity contribution in [2.24, 2.45) is 28.7 Å². The van der Waals surface area contributed by atoms with Gasteiger partial charge in [-0.2, -0.15) is 0 Å². The molecule has 1 fully saturated rings. The molecule has 0 unspecified atom stereocenters. The van der Waals surface area contributed by atoms with Crippen LogP contribution in [0.3, 0.4) is 0 Å². The predicted octanol–water partition coefficient (Wildman–Crippen LogP) is 1.08. The van der Waals surface area contributed by atoms with E-state index in [1.165, 1.54) is 47.5 Å². The Bertz CT molecular complexity index is 1820. The molecule has 3 aromatic rings. The molecular formula is C34H41F2N9O8. The van der Waals surface area contributed by atoms with Crippen LogP contribution in [-0.4, -0.2) is 88.8 Å². The lowest BCUT2D eigenvalue weighted by Crippen LogP contribution is -2.44. The molecule has 2 aromatic carbocycles. The summed E-state index contributed by atoms with van der Waals surface area (Å²) in [6, 6.07) is 4.10. The van der Waals surface area contributed by atoms with Crippen molar-refractivity contribution in [3.63, 3.8) is 0 Å². The van der Waals surface area contributed by atoms with Crippen LogP contribution >= 0.6 is 0 Å². The number of carbonyl (C=O) groups is 4.